The zero-order valence-corrected chi connectivity index (χ0v) is 32.7. The van der Waals surface area contributed by atoms with E-state index in [-0.39, 0.29) is 57.2 Å². The van der Waals surface area contributed by atoms with Gasteiger partial charge in [-0.1, -0.05) is 48.5 Å². The number of rotatable bonds is 10. The van der Waals surface area contributed by atoms with Gasteiger partial charge in [0, 0.05) is 36.2 Å². The second-order valence-electron chi connectivity index (χ2n) is 13.5. The minimum absolute atomic E-state index is 0.00963. The van der Waals surface area contributed by atoms with Gasteiger partial charge in [-0.25, -0.2) is 19.9 Å². The van der Waals surface area contributed by atoms with Crippen LogP contribution in [-0.4, -0.2) is 61.5 Å². The summed E-state index contributed by atoms with van der Waals surface area (Å²) >= 11 is 0. The fourth-order valence-electron chi connectivity index (χ4n) is 6.61. The molecule has 0 saturated heterocycles. The zero-order valence-electron chi connectivity index (χ0n) is 32.7. The van der Waals surface area contributed by atoms with Crippen molar-refractivity contribution in [3.05, 3.63) is 156 Å². The van der Waals surface area contributed by atoms with E-state index in [0.717, 1.165) is 0 Å². The molecule has 4 N–H and O–H groups in total. The van der Waals surface area contributed by atoms with Crippen LogP contribution in [0.3, 0.4) is 0 Å². The first-order valence-corrected chi connectivity index (χ1v) is 18.9. The van der Waals surface area contributed by atoms with Gasteiger partial charge in [0.1, 0.15) is 34.6 Å². The maximum Gasteiger partial charge on any atom is 0.260 e. The number of phenols is 2. The Morgan fingerprint density at radius 2 is 0.938 bits per heavy atom. The van der Waals surface area contributed by atoms with Crippen LogP contribution in [0.25, 0.3) is 33.4 Å². The van der Waals surface area contributed by atoms with Crippen molar-refractivity contribution in [3.8, 4) is 35.5 Å². The highest BCUT2D eigenvalue weighted by Crippen LogP contribution is 2.40. The molecule has 4 aromatic heterocycles. The van der Waals surface area contributed by atoms with Crippen molar-refractivity contribution in [2.75, 3.05) is 10.6 Å². The maximum absolute atomic E-state index is 13.9. The lowest BCUT2D eigenvalue weighted by molar-refractivity contribution is 0.101. The van der Waals surface area contributed by atoms with Gasteiger partial charge in [0.05, 0.1) is 23.5 Å². The normalized spacial score (nSPS) is 11.2. The molecule has 0 bridgehead atoms. The number of nitrogens with one attached hydrogen (secondary N) is 2. The van der Waals surface area contributed by atoms with E-state index in [1.54, 1.807) is 97.1 Å². The Hall–Kier alpha value is -10.1. The summed E-state index contributed by atoms with van der Waals surface area (Å²) in [5, 5.41) is 75.1. The summed E-state index contributed by atoms with van der Waals surface area (Å²) in [4.78, 5) is 44.4. The summed E-state index contributed by atoms with van der Waals surface area (Å²) in [5.74, 6) is -1.99. The van der Waals surface area contributed by atoms with Crippen LogP contribution in [0.15, 0.2) is 155 Å². The van der Waals surface area contributed by atoms with E-state index in [2.05, 4.69) is 61.2 Å². The SMILES string of the molecule is N#Cc1cnn(-c2ncccn2)c1N=Nc1cc2ccccc2c(C(=O)Nc2ccc(NC(=O)c3c(O)c(N=Nc4c(C#N)cnn4-c4ncccn4)cc4ccccc34)cc2)c1O. The molecule has 20 nitrogen and oxygen atoms in total. The van der Waals surface area contributed by atoms with Crippen LogP contribution in [0.1, 0.15) is 31.8 Å². The maximum atomic E-state index is 13.9. The number of benzene rings is 5. The van der Waals surface area contributed by atoms with E-state index in [1.165, 1.54) is 46.5 Å². The van der Waals surface area contributed by atoms with Crippen LogP contribution in [0.4, 0.5) is 34.4 Å². The van der Waals surface area contributed by atoms with Gasteiger partial charge in [-0.3, -0.25) is 9.59 Å². The van der Waals surface area contributed by atoms with E-state index in [1.807, 2.05) is 12.1 Å². The molecule has 0 atom stereocenters. The molecule has 20 heteroatoms. The van der Waals surface area contributed by atoms with E-state index in [9.17, 15) is 30.3 Å². The van der Waals surface area contributed by atoms with Crippen LogP contribution >= 0.6 is 0 Å². The average Bonchev–Trinajstić information content (AvgIpc) is 3.95. The molecule has 0 aliphatic heterocycles. The summed E-state index contributed by atoms with van der Waals surface area (Å²) in [5.41, 5.74) is 0.477. The average molecular weight is 843 g/mol. The molecule has 0 saturated carbocycles. The summed E-state index contributed by atoms with van der Waals surface area (Å²) in [6.07, 6.45) is 8.57. The van der Waals surface area contributed by atoms with Crippen molar-refractivity contribution in [1.29, 1.82) is 10.5 Å². The highest BCUT2D eigenvalue weighted by molar-refractivity contribution is 6.17. The number of phenolic OH excluding ortho intramolecular Hbond substituents is 2. The van der Waals surface area contributed by atoms with E-state index >= 15 is 0 Å². The summed E-state index contributed by atoms with van der Waals surface area (Å²) < 4.78 is 2.45. The van der Waals surface area contributed by atoms with Gasteiger partial charge in [0.25, 0.3) is 23.7 Å². The monoisotopic (exact) mass is 842 g/mol. The molecule has 0 fully saturated rings. The third-order valence-corrected chi connectivity index (χ3v) is 9.57. The number of aromatic nitrogens is 8. The second kappa shape index (κ2) is 16.9. The lowest BCUT2D eigenvalue weighted by Crippen LogP contribution is -2.14. The van der Waals surface area contributed by atoms with Crippen molar-refractivity contribution in [3.63, 3.8) is 0 Å². The summed E-state index contributed by atoms with van der Waals surface area (Å²) in [7, 11) is 0. The standard InChI is InChI=1S/C44H26N16O4/c45-21-27-23-51-59(43-47-15-5-16-48-43)39(27)57-55-33-19-25-7-1-3-9-31(25)35(37(33)61)41(63)53-29-11-13-30(14-12-29)54-42(64)36-32-10-4-2-8-26(32)20-34(38(36)62)56-58-40-28(22-46)24-52-60(40)44-49-17-6-18-50-44/h1-20,23-24,61-62H,(H,53,63)(H,54,64). The second-order valence-corrected chi connectivity index (χ2v) is 13.5. The van der Waals surface area contributed by atoms with Crippen molar-refractivity contribution < 1.29 is 19.8 Å². The minimum atomic E-state index is -0.674. The largest absolute Gasteiger partial charge is 0.505 e. The van der Waals surface area contributed by atoms with Crippen molar-refractivity contribution in [2.45, 2.75) is 0 Å². The molecule has 5 aromatic carbocycles. The van der Waals surface area contributed by atoms with Crippen LogP contribution < -0.4 is 10.6 Å². The lowest BCUT2D eigenvalue weighted by Gasteiger charge is -2.13. The fourth-order valence-corrected chi connectivity index (χ4v) is 6.61. The molecule has 2 amide bonds. The first kappa shape index (κ1) is 39.4. The smallest absolute Gasteiger partial charge is 0.260 e. The molecular formula is C44H26N16O4. The molecule has 0 unspecified atom stereocenters. The highest BCUT2D eigenvalue weighted by atomic mass is 16.3. The Morgan fingerprint density at radius 1 is 0.547 bits per heavy atom. The number of azo groups is 2. The molecule has 64 heavy (non-hydrogen) atoms. The Morgan fingerprint density at radius 3 is 1.33 bits per heavy atom. The third-order valence-electron chi connectivity index (χ3n) is 9.57. The molecule has 0 spiro atoms. The predicted octanol–water partition coefficient (Wildman–Crippen LogP) is 8.43. The molecular weight excluding hydrogens is 817 g/mol. The number of hydrogen-bond donors (Lipinski definition) is 4. The highest BCUT2D eigenvalue weighted by Gasteiger charge is 2.23. The topological polar surface area (TPSA) is 283 Å². The van der Waals surface area contributed by atoms with Gasteiger partial charge in [-0.05, 0) is 70.1 Å². The zero-order chi connectivity index (χ0) is 44.2. The Bertz CT molecular complexity index is 3200. The predicted molar refractivity (Wildman–Crippen MR) is 230 cm³/mol. The molecule has 306 valence electrons. The summed E-state index contributed by atoms with van der Waals surface area (Å²) in [6, 6.07) is 30.3. The third kappa shape index (κ3) is 7.51. The molecule has 0 radical (unpaired) electrons. The Kier molecular flexibility index (Phi) is 10.4. The lowest BCUT2D eigenvalue weighted by atomic mass is 10.0. The number of anilines is 2. The van der Waals surface area contributed by atoms with Crippen LogP contribution in [0.2, 0.25) is 0 Å². The van der Waals surface area contributed by atoms with Gasteiger partial charge >= 0.3 is 0 Å². The number of hydrogen-bond acceptors (Lipinski definition) is 16. The molecule has 9 aromatic rings. The van der Waals surface area contributed by atoms with Crippen molar-refractivity contribution in [1.82, 2.24) is 39.5 Å². The Labute approximate surface area is 359 Å². The minimum Gasteiger partial charge on any atom is -0.505 e. The van der Waals surface area contributed by atoms with E-state index in [4.69, 9.17) is 0 Å². The van der Waals surface area contributed by atoms with Crippen LogP contribution in [0.5, 0.6) is 11.5 Å². The van der Waals surface area contributed by atoms with Gasteiger partial charge in [0.2, 0.25) is 0 Å². The van der Waals surface area contributed by atoms with Crippen molar-refractivity contribution >= 4 is 67.7 Å². The molecule has 0 aliphatic rings. The number of aromatic hydroxyl groups is 2. The number of carbonyl (C=O) groups is 2. The first-order valence-electron chi connectivity index (χ1n) is 18.9. The molecule has 9 rings (SSSR count). The number of fused-ring (bicyclic) bond motifs is 2. The van der Waals surface area contributed by atoms with Crippen LogP contribution in [0, 0.1) is 22.7 Å². The quantitative estimate of drug-likeness (QED) is 0.0944. The van der Waals surface area contributed by atoms with Crippen LogP contribution in [-0.2, 0) is 0 Å². The van der Waals surface area contributed by atoms with E-state index in [0.29, 0.717) is 32.9 Å². The number of nitrogens with zero attached hydrogens (tertiary/aromatic N) is 14. The fraction of sp³-hybridized carbons (Fsp3) is 0. The van der Waals surface area contributed by atoms with Gasteiger partial charge in [0.15, 0.2) is 23.1 Å². The summed E-state index contributed by atoms with van der Waals surface area (Å²) in [6.45, 7) is 0. The van der Waals surface area contributed by atoms with Gasteiger partial charge in [-0.15, -0.1) is 20.5 Å². The van der Waals surface area contributed by atoms with Gasteiger partial charge in [-0.2, -0.15) is 30.1 Å². The Balaban J connectivity index is 0.970. The number of nitriles is 2. The van der Waals surface area contributed by atoms with Crippen molar-refractivity contribution in [2.24, 2.45) is 20.5 Å². The van der Waals surface area contributed by atoms with E-state index < -0.39 is 23.3 Å². The molecule has 0 aliphatic carbocycles. The number of carbonyl (C=O) groups excluding carboxylic acids is 2. The number of amides is 2. The van der Waals surface area contributed by atoms with Gasteiger partial charge < -0.3 is 20.8 Å². The molecule has 4 heterocycles. The first-order chi connectivity index (χ1) is 31.3.